The minimum atomic E-state index is -0.149. The molecule has 0 saturated carbocycles. The van der Waals surface area contributed by atoms with E-state index in [-0.39, 0.29) is 10.8 Å². The molecular formula is C68H94N4+2. The van der Waals surface area contributed by atoms with Crippen molar-refractivity contribution < 1.29 is 9.15 Å². The molecular weight excluding hydrogens is 873 g/mol. The van der Waals surface area contributed by atoms with Crippen molar-refractivity contribution >= 4 is 57.1 Å². The van der Waals surface area contributed by atoms with Crippen LogP contribution in [0.1, 0.15) is 193 Å². The van der Waals surface area contributed by atoms with Crippen molar-refractivity contribution in [1.82, 2.24) is 0 Å². The predicted molar refractivity (Wildman–Crippen MR) is 317 cm³/mol. The minimum Gasteiger partial charge on any atom is -0.372 e. The molecule has 4 nitrogen and oxygen atoms in total. The number of hydrogen-bond donors (Lipinski definition) is 0. The molecule has 2 aliphatic heterocycles. The second-order valence-corrected chi connectivity index (χ2v) is 22.3. The van der Waals surface area contributed by atoms with E-state index < -0.39 is 0 Å². The third kappa shape index (κ3) is 13.7. The molecule has 0 spiro atoms. The number of fused-ring (bicyclic) bond motifs is 4. The van der Waals surface area contributed by atoms with E-state index in [4.69, 9.17) is 0 Å². The van der Waals surface area contributed by atoms with E-state index in [0.717, 1.165) is 52.1 Å². The fourth-order valence-electron chi connectivity index (χ4n) is 11.8. The van der Waals surface area contributed by atoms with E-state index in [1.165, 1.54) is 170 Å². The first-order chi connectivity index (χ1) is 35.1. The molecule has 0 N–H and O–H groups in total. The molecule has 5 aromatic rings. The van der Waals surface area contributed by atoms with E-state index in [9.17, 15) is 0 Å². The van der Waals surface area contributed by atoms with Gasteiger partial charge in [-0.1, -0.05) is 171 Å². The molecule has 5 aromatic carbocycles. The van der Waals surface area contributed by atoms with Crippen LogP contribution in [0.2, 0.25) is 0 Å². The minimum absolute atomic E-state index is 0.0920. The van der Waals surface area contributed by atoms with Crippen molar-refractivity contribution in [2.45, 2.75) is 182 Å². The van der Waals surface area contributed by atoms with Crippen LogP contribution in [0.4, 0.5) is 22.7 Å². The molecule has 0 amide bonds. The van der Waals surface area contributed by atoms with Crippen LogP contribution < -0.4 is 9.80 Å². The molecule has 0 atom stereocenters. The first-order valence-corrected chi connectivity index (χ1v) is 29.1. The predicted octanol–water partition coefficient (Wildman–Crippen LogP) is 18.4. The van der Waals surface area contributed by atoms with Gasteiger partial charge in [-0.2, -0.15) is 9.15 Å². The lowest BCUT2D eigenvalue weighted by molar-refractivity contribution is -0.451. The maximum atomic E-state index is 2.66. The summed E-state index contributed by atoms with van der Waals surface area (Å²) in [6.45, 7) is 25.5. The molecule has 0 bridgehead atoms. The normalized spacial score (nSPS) is 14.9. The second kappa shape index (κ2) is 27.2. The Morgan fingerprint density at radius 3 is 1.31 bits per heavy atom. The lowest BCUT2D eigenvalue weighted by atomic mass is 9.79. The average Bonchev–Trinajstić information content (AvgIpc) is 3.75. The summed E-state index contributed by atoms with van der Waals surface area (Å²) < 4.78 is 5.30. The fraction of sp³-hybridized carbons (Fsp3) is 0.500. The topological polar surface area (TPSA) is 12.5 Å². The SMILES string of the molecule is CCCCCCN(CCCCCC)c1ccc(C=CC2=[N+](CCCC[N+]3=C(C=Cc4ccc(N(CCCCCC)CCCCCC)cc4)C(C)(C)c4c3ccc3ccccc43)c3ccccc3C2(C)C)cc1. The fourth-order valence-corrected chi connectivity index (χ4v) is 11.8. The van der Waals surface area contributed by atoms with Gasteiger partial charge in [0.25, 0.3) is 0 Å². The molecule has 0 aromatic heterocycles. The molecule has 0 unspecified atom stereocenters. The quantitative estimate of drug-likeness (QED) is 0.0324. The number of anilines is 2. The number of para-hydroxylation sites is 1. The summed E-state index contributed by atoms with van der Waals surface area (Å²) in [6.07, 6.45) is 32.6. The van der Waals surface area contributed by atoms with Gasteiger partial charge in [-0.3, -0.25) is 0 Å². The Morgan fingerprint density at radius 2 is 0.819 bits per heavy atom. The number of nitrogens with zero attached hydrogens (tertiary/aromatic N) is 4. The summed E-state index contributed by atoms with van der Waals surface area (Å²) >= 11 is 0. The second-order valence-electron chi connectivity index (χ2n) is 22.3. The molecule has 4 heteroatoms. The highest BCUT2D eigenvalue weighted by Gasteiger charge is 2.46. The van der Waals surface area contributed by atoms with Crippen LogP contribution >= 0.6 is 0 Å². The van der Waals surface area contributed by atoms with Gasteiger partial charge in [-0.05, 0) is 118 Å². The van der Waals surface area contributed by atoms with Gasteiger partial charge in [0.1, 0.15) is 13.1 Å². The Bertz CT molecular complexity index is 2560. The number of allylic oxidation sites excluding steroid dienone is 2. The number of unbranched alkanes of at least 4 members (excludes halogenated alkanes) is 13. The van der Waals surface area contributed by atoms with Crippen molar-refractivity contribution in [2.24, 2.45) is 0 Å². The van der Waals surface area contributed by atoms with Crippen molar-refractivity contribution in [3.63, 3.8) is 0 Å². The Kier molecular flexibility index (Phi) is 20.6. The van der Waals surface area contributed by atoms with Gasteiger partial charge in [0.15, 0.2) is 11.4 Å². The van der Waals surface area contributed by atoms with Gasteiger partial charge in [0.2, 0.25) is 11.4 Å². The van der Waals surface area contributed by atoms with Crippen LogP contribution in [-0.2, 0) is 10.8 Å². The Balaban J connectivity index is 1.11. The summed E-state index contributed by atoms with van der Waals surface area (Å²) in [7, 11) is 0. The summed E-state index contributed by atoms with van der Waals surface area (Å²) in [5, 5.41) is 2.69. The first-order valence-electron chi connectivity index (χ1n) is 29.1. The third-order valence-electron chi connectivity index (χ3n) is 16.1. The van der Waals surface area contributed by atoms with E-state index >= 15 is 0 Å². The van der Waals surface area contributed by atoms with E-state index in [1.54, 1.807) is 0 Å². The molecule has 0 radical (unpaired) electrons. The van der Waals surface area contributed by atoms with Gasteiger partial charge in [-0.15, -0.1) is 0 Å². The van der Waals surface area contributed by atoms with Crippen LogP contribution in [0.25, 0.3) is 22.9 Å². The third-order valence-corrected chi connectivity index (χ3v) is 16.1. The van der Waals surface area contributed by atoms with Crippen molar-refractivity contribution in [1.29, 1.82) is 0 Å². The number of benzene rings is 5. The number of hydrogen-bond acceptors (Lipinski definition) is 2. The van der Waals surface area contributed by atoms with Crippen LogP contribution in [0, 0.1) is 0 Å². The highest BCUT2D eigenvalue weighted by Crippen LogP contribution is 2.45. The van der Waals surface area contributed by atoms with E-state index in [1.807, 2.05) is 0 Å². The molecule has 0 aliphatic carbocycles. The molecule has 72 heavy (non-hydrogen) atoms. The molecule has 2 aliphatic rings. The van der Waals surface area contributed by atoms with Crippen molar-refractivity contribution in [2.75, 3.05) is 49.1 Å². The zero-order valence-electron chi connectivity index (χ0n) is 46.5. The summed E-state index contributed by atoms with van der Waals surface area (Å²) in [6, 6.07) is 41.7. The van der Waals surface area contributed by atoms with Gasteiger partial charge in [0.05, 0.1) is 10.8 Å². The first kappa shape index (κ1) is 54.6. The largest absolute Gasteiger partial charge is 0.372 e. The van der Waals surface area contributed by atoms with Crippen LogP contribution in [-0.4, -0.2) is 59.8 Å². The lowest BCUT2D eigenvalue weighted by Gasteiger charge is -2.25. The highest BCUT2D eigenvalue weighted by atomic mass is 15.1. The van der Waals surface area contributed by atoms with Crippen LogP contribution in [0.3, 0.4) is 0 Å². The summed E-state index contributed by atoms with van der Waals surface area (Å²) in [5.74, 6) is 0. The lowest BCUT2D eigenvalue weighted by Crippen LogP contribution is -2.28. The standard InChI is InChI=1S/C68H94N4/c1-9-13-17-25-49-69(50-26-18-14-10-2)58-42-35-55(36-43-58)39-47-64-67(5,6)61-33-23-24-34-62(61)71(64)53-29-30-54-72-63-46-41-57-31-21-22-32-60(57)66(63)68(7,8)65(72)48-40-56-37-44-59(45-38-56)70(51-27-19-15-11-3)52-28-20-16-12-4/h21-24,31-48H,9-20,25-30,49-54H2,1-8H3/q+2. The maximum Gasteiger partial charge on any atom is 0.210 e. The average molecular weight is 968 g/mol. The highest BCUT2D eigenvalue weighted by molar-refractivity contribution is 6.09. The van der Waals surface area contributed by atoms with E-state index in [2.05, 4.69) is 208 Å². The van der Waals surface area contributed by atoms with Gasteiger partial charge < -0.3 is 9.80 Å². The number of rotatable bonds is 31. The molecule has 2 heterocycles. The molecule has 0 saturated heterocycles. The monoisotopic (exact) mass is 967 g/mol. The Hall–Kier alpha value is -5.22. The Labute approximate surface area is 438 Å². The summed E-state index contributed by atoms with van der Waals surface area (Å²) in [5.41, 5.74) is 13.4. The zero-order chi connectivity index (χ0) is 50.8. The maximum absolute atomic E-state index is 2.66. The van der Waals surface area contributed by atoms with Crippen LogP contribution in [0.5, 0.6) is 0 Å². The van der Waals surface area contributed by atoms with Crippen molar-refractivity contribution in [3.8, 4) is 0 Å². The van der Waals surface area contributed by atoms with Crippen molar-refractivity contribution in [3.05, 3.63) is 144 Å². The molecule has 0 fully saturated rings. The molecule has 384 valence electrons. The molecule has 7 rings (SSSR count). The van der Waals surface area contributed by atoms with Crippen LogP contribution in [0.15, 0.2) is 121 Å². The van der Waals surface area contributed by atoms with Gasteiger partial charge >= 0.3 is 0 Å². The smallest absolute Gasteiger partial charge is 0.210 e. The van der Waals surface area contributed by atoms with Gasteiger partial charge in [-0.25, -0.2) is 0 Å². The zero-order valence-corrected chi connectivity index (χ0v) is 46.5. The Morgan fingerprint density at radius 1 is 0.389 bits per heavy atom. The van der Waals surface area contributed by atoms with Gasteiger partial charge in [0, 0.05) is 85.8 Å². The van der Waals surface area contributed by atoms with E-state index in [0.29, 0.717) is 0 Å². The summed E-state index contributed by atoms with van der Waals surface area (Å²) in [4.78, 5) is 5.29.